The fourth-order valence-corrected chi connectivity index (χ4v) is 9.59. The minimum atomic E-state index is -0.0858. The number of hydrogen-bond donors (Lipinski definition) is 0. The highest BCUT2D eigenvalue weighted by Crippen LogP contribution is 2.50. The highest BCUT2D eigenvalue weighted by Gasteiger charge is 2.35. The van der Waals surface area contributed by atoms with E-state index in [4.69, 9.17) is 19.4 Å². The Labute approximate surface area is 372 Å². The highest BCUT2D eigenvalue weighted by molar-refractivity contribution is 6.11. The molecule has 0 saturated carbocycles. The van der Waals surface area contributed by atoms with Crippen LogP contribution >= 0.6 is 0 Å². The fourth-order valence-electron chi connectivity index (χ4n) is 9.59. The molecule has 0 spiro atoms. The maximum Gasteiger partial charge on any atom is 0.164 e. The van der Waals surface area contributed by atoms with E-state index < -0.39 is 0 Å². The molecule has 0 aliphatic heterocycles. The highest BCUT2D eigenvalue weighted by atomic mass is 16.3. The van der Waals surface area contributed by atoms with E-state index in [1.165, 1.54) is 44.5 Å². The van der Waals surface area contributed by atoms with E-state index in [0.717, 1.165) is 60.9 Å². The summed E-state index contributed by atoms with van der Waals surface area (Å²) in [5.41, 5.74) is 18.8. The molecule has 11 aromatic rings. The van der Waals surface area contributed by atoms with Crippen molar-refractivity contribution in [3.8, 4) is 89.8 Å². The van der Waals surface area contributed by atoms with Crippen LogP contribution in [0.5, 0.6) is 0 Å². The molecule has 12 rings (SSSR count). The first-order chi connectivity index (χ1) is 31.4. The molecule has 64 heavy (non-hydrogen) atoms. The van der Waals surface area contributed by atoms with Gasteiger partial charge in [0, 0.05) is 38.4 Å². The number of rotatable bonds is 7. The van der Waals surface area contributed by atoms with Crippen LogP contribution in [0.15, 0.2) is 217 Å². The zero-order valence-electron chi connectivity index (χ0n) is 35.5. The first-order valence-electron chi connectivity index (χ1n) is 21.8. The molecule has 1 aliphatic rings. The minimum Gasteiger partial charge on any atom is -0.455 e. The van der Waals surface area contributed by atoms with Gasteiger partial charge in [0.15, 0.2) is 17.5 Å². The molecule has 4 nitrogen and oxygen atoms in total. The molecular formula is C60H41N3O. The zero-order chi connectivity index (χ0) is 42.8. The van der Waals surface area contributed by atoms with Crippen LogP contribution in [0.4, 0.5) is 0 Å². The summed E-state index contributed by atoms with van der Waals surface area (Å²) in [6.45, 7) is 4.68. The fraction of sp³-hybridized carbons (Fsp3) is 0.0500. The number of benzene rings is 9. The van der Waals surface area contributed by atoms with Crippen molar-refractivity contribution in [2.24, 2.45) is 0 Å². The zero-order valence-corrected chi connectivity index (χ0v) is 35.5. The molecule has 0 radical (unpaired) electrons. The number of nitrogens with zero attached hydrogens (tertiary/aromatic N) is 3. The van der Waals surface area contributed by atoms with Gasteiger partial charge in [-0.3, -0.25) is 0 Å². The molecule has 0 amide bonds. The van der Waals surface area contributed by atoms with Gasteiger partial charge < -0.3 is 4.42 Å². The van der Waals surface area contributed by atoms with E-state index in [-0.39, 0.29) is 5.41 Å². The summed E-state index contributed by atoms with van der Waals surface area (Å²) in [6.07, 6.45) is 0. The molecule has 1 aliphatic carbocycles. The van der Waals surface area contributed by atoms with Crippen LogP contribution in [0.3, 0.4) is 0 Å². The summed E-state index contributed by atoms with van der Waals surface area (Å²) < 4.78 is 6.51. The van der Waals surface area contributed by atoms with Gasteiger partial charge >= 0.3 is 0 Å². The van der Waals surface area contributed by atoms with Crippen molar-refractivity contribution < 1.29 is 4.42 Å². The van der Waals surface area contributed by atoms with E-state index in [2.05, 4.69) is 178 Å². The van der Waals surface area contributed by atoms with E-state index in [1.807, 2.05) is 48.5 Å². The normalized spacial score (nSPS) is 12.7. The third-order valence-corrected chi connectivity index (χ3v) is 12.9. The van der Waals surface area contributed by atoms with Crippen molar-refractivity contribution in [2.75, 3.05) is 0 Å². The van der Waals surface area contributed by atoms with Gasteiger partial charge in [-0.1, -0.05) is 184 Å². The average Bonchev–Trinajstić information content (AvgIpc) is 3.85. The van der Waals surface area contributed by atoms with Gasteiger partial charge in [0.25, 0.3) is 0 Å². The van der Waals surface area contributed by atoms with Gasteiger partial charge in [-0.15, -0.1) is 0 Å². The molecule has 9 aromatic carbocycles. The molecule has 2 aromatic heterocycles. The van der Waals surface area contributed by atoms with E-state index in [1.54, 1.807) is 0 Å². The first kappa shape index (κ1) is 37.5. The summed E-state index contributed by atoms with van der Waals surface area (Å²) in [6, 6.07) is 75.1. The number of hydrogen-bond acceptors (Lipinski definition) is 4. The van der Waals surface area contributed by atoms with Gasteiger partial charge in [-0.2, -0.15) is 0 Å². The summed E-state index contributed by atoms with van der Waals surface area (Å²) in [5, 5.41) is 2.07. The maximum atomic E-state index is 6.51. The Hall–Kier alpha value is -8.21. The Morgan fingerprint density at radius 3 is 1.48 bits per heavy atom. The third-order valence-electron chi connectivity index (χ3n) is 12.9. The van der Waals surface area contributed by atoms with Gasteiger partial charge in [0.05, 0.1) is 0 Å². The molecule has 0 saturated heterocycles. The molecule has 2 heterocycles. The van der Waals surface area contributed by atoms with Crippen LogP contribution in [0, 0.1) is 0 Å². The summed E-state index contributed by atoms with van der Waals surface area (Å²) in [4.78, 5) is 15.5. The Morgan fingerprint density at radius 1 is 0.312 bits per heavy atom. The second kappa shape index (κ2) is 15.0. The van der Waals surface area contributed by atoms with Crippen LogP contribution in [0.25, 0.3) is 112 Å². The van der Waals surface area contributed by atoms with Crippen LogP contribution in [0.2, 0.25) is 0 Å². The lowest BCUT2D eigenvalue weighted by Gasteiger charge is -2.22. The monoisotopic (exact) mass is 819 g/mol. The standard InChI is InChI=1S/C60H41N3O/c1-60(2)53-24-14-12-22-48(53)49-31-30-43(37-54(49)60)46-33-44(38-16-6-3-7-17-38)32-45(34-46)39-26-28-42(29-27-39)58-61-57(41-20-10-5-11-21-41)62-59(63-58)47-35-51(40-18-8-4-9-19-40)56-52(36-47)50-23-13-15-25-55(50)64-56/h3-37H,1-2H3. The maximum absolute atomic E-state index is 6.51. The topological polar surface area (TPSA) is 51.8 Å². The number of furan rings is 1. The van der Waals surface area contributed by atoms with Crippen molar-refractivity contribution in [3.05, 3.63) is 223 Å². The summed E-state index contributed by atoms with van der Waals surface area (Å²) >= 11 is 0. The van der Waals surface area contributed by atoms with Gasteiger partial charge in [-0.25, -0.2) is 15.0 Å². The predicted octanol–water partition coefficient (Wildman–Crippen LogP) is 15.7. The minimum absolute atomic E-state index is 0.0858. The Balaban J connectivity index is 0.975. The Morgan fingerprint density at radius 2 is 0.797 bits per heavy atom. The predicted molar refractivity (Wildman–Crippen MR) is 263 cm³/mol. The molecule has 0 N–H and O–H groups in total. The molecule has 4 heteroatoms. The van der Waals surface area contributed by atoms with Crippen molar-refractivity contribution >= 4 is 21.9 Å². The van der Waals surface area contributed by atoms with Crippen molar-refractivity contribution in [3.63, 3.8) is 0 Å². The quantitative estimate of drug-likeness (QED) is 0.161. The molecule has 0 fully saturated rings. The molecule has 302 valence electrons. The van der Waals surface area contributed by atoms with Crippen molar-refractivity contribution in [2.45, 2.75) is 19.3 Å². The average molecular weight is 820 g/mol. The first-order valence-corrected chi connectivity index (χ1v) is 21.8. The molecule has 0 atom stereocenters. The van der Waals surface area contributed by atoms with E-state index in [9.17, 15) is 0 Å². The summed E-state index contributed by atoms with van der Waals surface area (Å²) in [5.74, 6) is 1.82. The van der Waals surface area contributed by atoms with Crippen LogP contribution in [-0.4, -0.2) is 15.0 Å². The van der Waals surface area contributed by atoms with Crippen LogP contribution < -0.4 is 0 Å². The van der Waals surface area contributed by atoms with E-state index in [0.29, 0.717) is 17.5 Å². The Bertz CT molecular complexity index is 3560. The number of fused-ring (bicyclic) bond motifs is 6. The smallest absolute Gasteiger partial charge is 0.164 e. The second-order valence-corrected chi connectivity index (χ2v) is 17.2. The van der Waals surface area contributed by atoms with Crippen molar-refractivity contribution in [1.82, 2.24) is 15.0 Å². The lowest BCUT2D eigenvalue weighted by Crippen LogP contribution is -2.14. The second-order valence-electron chi connectivity index (χ2n) is 17.2. The largest absolute Gasteiger partial charge is 0.455 e. The number of aromatic nitrogens is 3. The lowest BCUT2D eigenvalue weighted by molar-refractivity contribution is 0.660. The van der Waals surface area contributed by atoms with Crippen LogP contribution in [-0.2, 0) is 5.41 Å². The van der Waals surface area contributed by atoms with Crippen LogP contribution in [0.1, 0.15) is 25.0 Å². The van der Waals surface area contributed by atoms with Crippen molar-refractivity contribution in [1.29, 1.82) is 0 Å². The van der Waals surface area contributed by atoms with Gasteiger partial charge in [-0.05, 0) is 104 Å². The Kier molecular flexibility index (Phi) is 8.80. The summed E-state index contributed by atoms with van der Waals surface area (Å²) in [7, 11) is 0. The third kappa shape index (κ3) is 6.42. The molecule has 0 unspecified atom stereocenters. The SMILES string of the molecule is CC1(C)c2ccccc2-c2ccc(-c3cc(-c4ccccc4)cc(-c4ccc(-c5nc(-c6ccccc6)nc(-c6cc(-c7ccccc7)c7oc8ccccc8c7c6)n5)cc4)c3)cc21. The molecule has 0 bridgehead atoms. The lowest BCUT2D eigenvalue weighted by atomic mass is 9.81. The molecular weight excluding hydrogens is 779 g/mol. The van der Waals surface area contributed by atoms with E-state index >= 15 is 0 Å². The van der Waals surface area contributed by atoms with Gasteiger partial charge in [0.2, 0.25) is 0 Å². The number of para-hydroxylation sites is 1. The van der Waals surface area contributed by atoms with Gasteiger partial charge in [0.1, 0.15) is 11.2 Å².